The Morgan fingerprint density at radius 3 is 2.55 bits per heavy atom. The summed E-state index contributed by atoms with van der Waals surface area (Å²) in [6, 6.07) is 3.71. The highest BCUT2D eigenvalue weighted by Crippen LogP contribution is 2.17. The molecule has 0 radical (unpaired) electrons. The van der Waals surface area contributed by atoms with Crippen LogP contribution in [-0.4, -0.2) is 29.4 Å². The molecule has 0 bridgehead atoms. The first-order valence-electron chi connectivity index (χ1n) is 6.94. The first-order chi connectivity index (χ1) is 9.40. The van der Waals surface area contributed by atoms with Crippen molar-refractivity contribution in [3.63, 3.8) is 0 Å². The second-order valence-electron chi connectivity index (χ2n) is 5.28. The third-order valence-electron chi connectivity index (χ3n) is 3.13. The van der Waals surface area contributed by atoms with Crippen LogP contribution in [0.25, 0.3) is 0 Å². The van der Waals surface area contributed by atoms with E-state index in [1.54, 1.807) is 6.07 Å². The number of thiophene rings is 1. The Labute approximate surface area is 124 Å². The first kappa shape index (κ1) is 16.9. The summed E-state index contributed by atoms with van der Waals surface area (Å²) in [4.78, 5) is 25.2. The Hall–Kier alpha value is -1.20. The number of aryl methyl sites for hydroxylation is 1. The largest absolute Gasteiger partial charge is 0.393 e. The number of nitrogens with one attached hydrogen (secondary N) is 1. The van der Waals surface area contributed by atoms with Crippen molar-refractivity contribution in [3.05, 3.63) is 21.9 Å². The van der Waals surface area contributed by atoms with Crippen molar-refractivity contribution in [2.75, 3.05) is 6.54 Å². The molecule has 1 unspecified atom stereocenters. The predicted octanol–water partition coefficient (Wildman–Crippen LogP) is 2.54. The van der Waals surface area contributed by atoms with Crippen LogP contribution in [0.4, 0.5) is 0 Å². The topological polar surface area (TPSA) is 66.4 Å². The molecule has 112 valence electrons. The van der Waals surface area contributed by atoms with E-state index in [0.29, 0.717) is 17.8 Å². The van der Waals surface area contributed by atoms with Crippen LogP contribution in [0, 0.1) is 12.8 Å². The van der Waals surface area contributed by atoms with E-state index in [1.165, 1.54) is 11.3 Å². The second-order valence-corrected chi connectivity index (χ2v) is 6.57. The molecule has 0 saturated heterocycles. The fourth-order valence-corrected chi connectivity index (χ4v) is 2.55. The highest BCUT2D eigenvalue weighted by Gasteiger charge is 2.12. The monoisotopic (exact) mass is 297 g/mol. The van der Waals surface area contributed by atoms with E-state index in [9.17, 15) is 14.7 Å². The Morgan fingerprint density at radius 2 is 2.00 bits per heavy atom. The summed E-state index contributed by atoms with van der Waals surface area (Å²) in [5.41, 5.74) is 0. The first-order valence-corrected chi connectivity index (χ1v) is 7.76. The van der Waals surface area contributed by atoms with Crippen molar-refractivity contribution < 1.29 is 14.7 Å². The van der Waals surface area contributed by atoms with Crippen molar-refractivity contribution >= 4 is 23.0 Å². The van der Waals surface area contributed by atoms with E-state index in [1.807, 2.05) is 26.8 Å². The molecule has 1 aromatic rings. The number of carbonyl (C=O) groups excluding carboxylic acids is 2. The number of aliphatic hydroxyl groups excluding tert-OH is 1. The van der Waals surface area contributed by atoms with Crippen LogP contribution in [0.1, 0.15) is 47.7 Å². The van der Waals surface area contributed by atoms with E-state index >= 15 is 0 Å². The molecule has 0 aliphatic carbocycles. The van der Waals surface area contributed by atoms with Crippen LogP contribution >= 0.6 is 11.3 Å². The number of carbonyl (C=O) groups is 2. The van der Waals surface area contributed by atoms with Crippen molar-refractivity contribution in [2.45, 2.75) is 46.1 Å². The molecule has 5 heteroatoms. The molecular formula is C15H23NO3S. The SMILES string of the molecule is Cc1ccc(C(=O)CCC(=O)NCCC(O)C(C)C)s1. The fraction of sp³-hybridized carbons (Fsp3) is 0.600. The number of ketones is 1. The van der Waals surface area contributed by atoms with Gasteiger partial charge in [0.05, 0.1) is 11.0 Å². The molecule has 1 aromatic heterocycles. The van der Waals surface area contributed by atoms with Crippen molar-refractivity contribution in [3.8, 4) is 0 Å². The van der Waals surface area contributed by atoms with Gasteiger partial charge in [-0.25, -0.2) is 0 Å². The zero-order chi connectivity index (χ0) is 15.1. The lowest BCUT2D eigenvalue weighted by Gasteiger charge is -2.14. The van der Waals surface area contributed by atoms with Gasteiger partial charge in [-0.3, -0.25) is 9.59 Å². The fourth-order valence-electron chi connectivity index (χ4n) is 1.72. The van der Waals surface area contributed by atoms with Crippen molar-refractivity contribution in [1.82, 2.24) is 5.32 Å². The summed E-state index contributed by atoms with van der Waals surface area (Å²) < 4.78 is 0. The van der Waals surface area contributed by atoms with E-state index in [0.717, 1.165) is 4.88 Å². The number of Topliss-reactive ketones (excluding diaryl/α,β-unsaturated/α-hetero) is 1. The van der Waals surface area contributed by atoms with Gasteiger partial charge in [0, 0.05) is 24.3 Å². The molecule has 1 amide bonds. The van der Waals surface area contributed by atoms with Gasteiger partial charge in [0.2, 0.25) is 5.91 Å². The smallest absolute Gasteiger partial charge is 0.220 e. The summed E-state index contributed by atoms with van der Waals surface area (Å²) >= 11 is 1.46. The van der Waals surface area contributed by atoms with Crippen LogP contribution in [-0.2, 0) is 4.79 Å². The number of amides is 1. The number of hydrogen-bond acceptors (Lipinski definition) is 4. The molecule has 2 N–H and O–H groups in total. The van der Waals surface area contributed by atoms with Crippen LogP contribution < -0.4 is 5.32 Å². The lowest BCUT2D eigenvalue weighted by Crippen LogP contribution is -2.28. The quantitative estimate of drug-likeness (QED) is 0.725. The van der Waals surface area contributed by atoms with Crippen LogP contribution in [0.3, 0.4) is 0 Å². The summed E-state index contributed by atoms with van der Waals surface area (Å²) in [6.45, 7) is 6.28. The van der Waals surface area contributed by atoms with Gasteiger partial charge in [-0.1, -0.05) is 13.8 Å². The van der Waals surface area contributed by atoms with Gasteiger partial charge < -0.3 is 10.4 Å². The predicted molar refractivity (Wildman–Crippen MR) is 81.1 cm³/mol. The minimum absolute atomic E-state index is 0.0143. The van der Waals surface area contributed by atoms with Gasteiger partial charge in [0.1, 0.15) is 0 Å². The van der Waals surface area contributed by atoms with Crippen molar-refractivity contribution in [1.29, 1.82) is 0 Å². The second kappa shape index (κ2) is 8.17. The molecular weight excluding hydrogens is 274 g/mol. The molecule has 0 spiro atoms. The van der Waals surface area contributed by atoms with E-state index < -0.39 is 6.10 Å². The average Bonchev–Trinajstić information content (AvgIpc) is 2.82. The highest BCUT2D eigenvalue weighted by atomic mass is 32.1. The molecule has 0 fully saturated rings. The molecule has 1 rings (SSSR count). The molecule has 0 saturated carbocycles. The Bertz CT molecular complexity index is 454. The minimum Gasteiger partial charge on any atom is -0.393 e. The molecule has 1 atom stereocenters. The summed E-state index contributed by atoms with van der Waals surface area (Å²) in [7, 11) is 0. The van der Waals surface area contributed by atoms with Crippen LogP contribution in [0.2, 0.25) is 0 Å². The molecule has 0 aliphatic rings. The lowest BCUT2D eigenvalue weighted by atomic mass is 10.0. The molecule has 20 heavy (non-hydrogen) atoms. The maximum atomic E-state index is 11.8. The summed E-state index contributed by atoms with van der Waals surface area (Å²) in [6.07, 6.45) is 0.583. The van der Waals surface area contributed by atoms with Crippen LogP contribution in [0.15, 0.2) is 12.1 Å². The molecule has 0 aromatic carbocycles. The van der Waals surface area contributed by atoms with E-state index in [4.69, 9.17) is 0 Å². The summed E-state index contributed by atoms with van der Waals surface area (Å²) in [5.74, 6) is 0.0681. The third kappa shape index (κ3) is 5.84. The minimum atomic E-state index is -0.397. The normalized spacial score (nSPS) is 12.4. The summed E-state index contributed by atoms with van der Waals surface area (Å²) in [5, 5.41) is 12.3. The van der Waals surface area contributed by atoms with Gasteiger partial charge >= 0.3 is 0 Å². The Morgan fingerprint density at radius 1 is 1.30 bits per heavy atom. The zero-order valence-corrected chi connectivity index (χ0v) is 13.1. The maximum Gasteiger partial charge on any atom is 0.220 e. The van der Waals surface area contributed by atoms with Gasteiger partial charge in [0.25, 0.3) is 0 Å². The van der Waals surface area contributed by atoms with Gasteiger partial charge in [-0.15, -0.1) is 11.3 Å². The Kier molecular flexibility index (Phi) is 6.88. The Balaban J connectivity index is 2.21. The number of aliphatic hydroxyl groups is 1. The van der Waals surface area contributed by atoms with Crippen LogP contribution in [0.5, 0.6) is 0 Å². The van der Waals surface area contributed by atoms with Gasteiger partial charge in [-0.2, -0.15) is 0 Å². The number of hydrogen-bond donors (Lipinski definition) is 2. The highest BCUT2D eigenvalue weighted by molar-refractivity contribution is 7.14. The number of rotatable bonds is 8. The maximum absolute atomic E-state index is 11.8. The molecule has 4 nitrogen and oxygen atoms in total. The standard InChI is InChI=1S/C15H23NO3S/c1-10(2)12(17)8-9-16-15(19)7-5-13(18)14-6-4-11(3)20-14/h4,6,10,12,17H,5,7-9H2,1-3H3,(H,16,19). The van der Waals surface area contributed by atoms with Gasteiger partial charge in [-0.05, 0) is 31.4 Å². The average molecular weight is 297 g/mol. The third-order valence-corrected chi connectivity index (χ3v) is 4.17. The van der Waals surface area contributed by atoms with E-state index in [-0.39, 0.29) is 30.4 Å². The molecule has 0 aliphatic heterocycles. The van der Waals surface area contributed by atoms with Crippen molar-refractivity contribution in [2.24, 2.45) is 5.92 Å². The zero-order valence-electron chi connectivity index (χ0n) is 12.3. The lowest BCUT2D eigenvalue weighted by molar-refractivity contribution is -0.121. The van der Waals surface area contributed by atoms with E-state index in [2.05, 4.69) is 5.32 Å². The molecule has 1 heterocycles. The van der Waals surface area contributed by atoms with Gasteiger partial charge in [0.15, 0.2) is 5.78 Å².